The Morgan fingerprint density at radius 1 is 0.397 bits per heavy atom. The number of unbranched alkanes of at least 4 members (excludes halogenated alkanes) is 36. The molecule has 78 heavy (non-hydrogen) atoms. The molecule has 0 aliphatic carbocycles. The molecule has 0 amide bonds. The van der Waals surface area contributed by atoms with Crippen LogP contribution < -0.4 is 5.11 Å². The number of carbonyl (C=O) groups is 3. The largest absolute Gasteiger partial charge is 0.545 e. The van der Waals surface area contributed by atoms with Gasteiger partial charge in [0, 0.05) is 12.8 Å². The van der Waals surface area contributed by atoms with Gasteiger partial charge in [-0.1, -0.05) is 293 Å². The van der Waals surface area contributed by atoms with Gasteiger partial charge in [0.05, 0.1) is 40.3 Å². The molecule has 0 spiro atoms. The minimum atomic E-state index is -1.62. The van der Waals surface area contributed by atoms with Crippen LogP contribution in [0.2, 0.25) is 0 Å². The highest BCUT2D eigenvalue weighted by atomic mass is 16.7. The zero-order valence-electron chi connectivity index (χ0n) is 51.8. The van der Waals surface area contributed by atoms with E-state index in [-0.39, 0.29) is 32.2 Å². The van der Waals surface area contributed by atoms with Crippen molar-refractivity contribution in [2.75, 3.05) is 47.5 Å². The number of rotatable bonds is 61. The number of carbonyl (C=O) groups excluding carboxylic acids is 3. The van der Waals surface area contributed by atoms with Crippen LogP contribution in [0.15, 0.2) is 60.8 Å². The lowest BCUT2D eigenvalue weighted by atomic mass is 10.0. The lowest BCUT2D eigenvalue weighted by Crippen LogP contribution is -2.44. The summed E-state index contributed by atoms with van der Waals surface area (Å²) in [5.41, 5.74) is 0. The normalized spacial score (nSPS) is 13.1. The first-order valence-electron chi connectivity index (χ1n) is 32.9. The van der Waals surface area contributed by atoms with Crippen LogP contribution in [-0.4, -0.2) is 82.3 Å². The third-order valence-electron chi connectivity index (χ3n) is 14.5. The van der Waals surface area contributed by atoms with Crippen molar-refractivity contribution in [1.29, 1.82) is 0 Å². The molecule has 0 bridgehead atoms. The summed E-state index contributed by atoms with van der Waals surface area (Å²) in [5.74, 6) is -2.26. The van der Waals surface area contributed by atoms with E-state index in [2.05, 4.69) is 74.6 Å². The number of aliphatic carboxylic acids is 1. The van der Waals surface area contributed by atoms with Crippen LogP contribution in [0.3, 0.4) is 0 Å². The molecule has 0 aromatic heterocycles. The molecule has 0 fully saturated rings. The predicted octanol–water partition coefficient (Wildman–Crippen LogP) is 18.6. The van der Waals surface area contributed by atoms with Crippen molar-refractivity contribution in [3.63, 3.8) is 0 Å². The van der Waals surface area contributed by atoms with E-state index in [1.165, 1.54) is 205 Å². The van der Waals surface area contributed by atoms with Gasteiger partial charge >= 0.3 is 11.9 Å². The Hall–Kier alpha value is -3.01. The second kappa shape index (κ2) is 60.1. The topological polar surface area (TPSA) is 111 Å². The number of hydrogen-bond donors (Lipinski definition) is 0. The summed E-state index contributed by atoms with van der Waals surface area (Å²) in [6.45, 7) is 4.67. The molecule has 454 valence electrons. The van der Waals surface area contributed by atoms with Crippen LogP contribution in [0, 0.1) is 0 Å². The lowest BCUT2D eigenvalue weighted by molar-refractivity contribution is -0.870. The zero-order chi connectivity index (χ0) is 56.9. The van der Waals surface area contributed by atoms with Crippen LogP contribution >= 0.6 is 0 Å². The highest BCUT2D eigenvalue weighted by Gasteiger charge is 2.22. The van der Waals surface area contributed by atoms with Crippen molar-refractivity contribution < 1.29 is 42.9 Å². The molecule has 0 N–H and O–H groups in total. The van der Waals surface area contributed by atoms with E-state index in [0.717, 1.165) is 70.6 Å². The second-order valence-electron chi connectivity index (χ2n) is 23.4. The van der Waals surface area contributed by atoms with E-state index in [4.69, 9.17) is 18.9 Å². The van der Waals surface area contributed by atoms with Gasteiger partial charge in [0.2, 0.25) is 0 Å². The highest BCUT2D eigenvalue weighted by Crippen LogP contribution is 2.18. The van der Waals surface area contributed by atoms with E-state index < -0.39 is 24.3 Å². The quantitative estimate of drug-likeness (QED) is 0.0195. The van der Waals surface area contributed by atoms with E-state index in [1.54, 1.807) is 0 Å². The third kappa shape index (κ3) is 60.6. The number of hydrogen-bond acceptors (Lipinski definition) is 8. The standard InChI is InChI=1S/C69H125NO8/c1-6-8-10-12-14-16-18-20-22-23-24-25-26-27-28-29-30-31-32-33-34-35-36-37-38-39-40-41-42-43-44-45-46-48-50-52-54-56-58-60-67(72)78-65(64-77-69(68(73)74)75-62-61-70(3,4)5)63-76-66(71)59-57-55-53-51-49-47-21-19-17-15-13-11-9-7-2/h8,10,14,16,20,22,24-25,27-28,65,69H,6-7,9,11-13,15,17-19,21,23,26,29-64H2,1-5H3/b10-8-,16-14-,22-20-,25-24-,28-27-. The molecule has 0 aromatic rings. The average Bonchev–Trinajstić information content (AvgIpc) is 3.41. The molecule has 0 aliphatic rings. The zero-order valence-corrected chi connectivity index (χ0v) is 51.8. The van der Waals surface area contributed by atoms with Crippen LogP contribution in [0.4, 0.5) is 0 Å². The summed E-state index contributed by atoms with van der Waals surface area (Å²) < 4.78 is 22.7. The summed E-state index contributed by atoms with van der Waals surface area (Å²) in [6.07, 6.45) is 74.5. The summed E-state index contributed by atoms with van der Waals surface area (Å²) in [5, 5.41) is 11.8. The number of allylic oxidation sites excluding steroid dienone is 10. The van der Waals surface area contributed by atoms with Crippen molar-refractivity contribution in [1.82, 2.24) is 0 Å². The van der Waals surface area contributed by atoms with E-state index in [0.29, 0.717) is 17.4 Å². The van der Waals surface area contributed by atoms with Gasteiger partial charge in [0.15, 0.2) is 12.4 Å². The average molecular weight is 1100 g/mol. The number of quaternary nitrogens is 1. The van der Waals surface area contributed by atoms with Gasteiger partial charge in [0.25, 0.3) is 0 Å². The number of nitrogens with zero attached hydrogens (tertiary/aromatic N) is 1. The molecule has 0 radical (unpaired) electrons. The number of carboxylic acid groups (broad SMARTS) is 1. The van der Waals surface area contributed by atoms with Crippen molar-refractivity contribution in [3.05, 3.63) is 60.8 Å². The van der Waals surface area contributed by atoms with Gasteiger partial charge in [-0.3, -0.25) is 9.59 Å². The number of esters is 2. The van der Waals surface area contributed by atoms with Crippen LogP contribution in [0.25, 0.3) is 0 Å². The molecular weight excluding hydrogens is 971 g/mol. The van der Waals surface area contributed by atoms with Gasteiger partial charge in [-0.15, -0.1) is 0 Å². The number of ether oxygens (including phenoxy) is 4. The smallest absolute Gasteiger partial charge is 0.306 e. The molecule has 2 unspecified atom stereocenters. The molecule has 0 saturated heterocycles. The first-order chi connectivity index (χ1) is 38.1. The Bertz CT molecular complexity index is 1460. The molecule has 0 rings (SSSR count). The Labute approximate surface area is 482 Å². The maximum Gasteiger partial charge on any atom is 0.306 e. The molecule has 9 heteroatoms. The van der Waals surface area contributed by atoms with Gasteiger partial charge in [-0.25, -0.2) is 0 Å². The second-order valence-corrected chi connectivity index (χ2v) is 23.4. The minimum Gasteiger partial charge on any atom is -0.545 e. The summed E-state index contributed by atoms with van der Waals surface area (Å²) in [7, 11) is 5.93. The van der Waals surface area contributed by atoms with Gasteiger partial charge in [-0.2, -0.15) is 0 Å². The maximum atomic E-state index is 12.9. The third-order valence-corrected chi connectivity index (χ3v) is 14.5. The number of carboxylic acids is 1. The Balaban J connectivity index is 3.95. The van der Waals surface area contributed by atoms with Crippen LogP contribution in [-0.2, 0) is 33.3 Å². The minimum absolute atomic E-state index is 0.150. The first kappa shape index (κ1) is 75.0. The Morgan fingerprint density at radius 3 is 1.09 bits per heavy atom. The fourth-order valence-corrected chi connectivity index (χ4v) is 9.51. The molecule has 0 saturated carbocycles. The lowest BCUT2D eigenvalue weighted by Gasteiger charge is -2.26. The molecule has 0 aliphatic heterocycles. The fourth-order valence-electron chi connectivity index (χ4n) is 9.51. The van der Waals surface area contributed by atoms with Crippen molar-refractivity contribution in [3.8, 4) is 0 Å². The Kier molecular flexibility index (Phi) is 57.8. The van der Waals surface area contributed by atoms with E-state index in [1.807, 2.05) is 21.1 Å². The fraction of sp³-hybridized carbons (Fsp3) is 0.812. The molecule has 2 atom stereocenters. The van der Waals surface area contributed by atoms with Crippen LogP contribution in [0.5, 0.6) is 0 Å². The molecule has 0 aromatic carbocycles. The molecule has 9 nitrogen and oxygen atoms in total. The van der Waals surface area contributed by atoms with Crippen molar-refractivity contribution in [2.45, 2.75) is 315 Å². The van der Waals surface area contributed by atoms with Gasteiger partial charge in [-0.05, 0) is 57.8 Å². The summed E-state index contributed by atoms with van der Waals surface area (Å²) >= 11 is 0. The summed E-state index contributed by atoms with van der Waals surface area (Å²) in [4.78, 5) is 37.3. The SMILES string of the molecule is CC/C=C\C/C=C\C/C=C\C/C=C\C/C=C\CCCCCCCCCCCCCCCCCCCCCCCCCC(=O)OC(COC(=O)CCCCCCCCCCCCCCCC)COC(OCC[N+](C)(C)C)C(=O)[O-]. The highest BCUT2D eigenvalue weighted by molar-refractivity contribution is 5.70. The van der Waals surface area contributed by atoms with Crippen molar-refractivity contribution >= 4 is 17.9 Å². The summed E-state index contributed by atoms with van der Waals surface area (Å²) in [6, 6.07) is 0. The van der Waals surface area contributed by atoms with Gasteiger partial charge in [0.1, 0.15) is 13.2 Å². The number of likely N-dealkylation sites (N-methyl/N-ethyl adjacent to an activating group) is 1. The molecular formula is C69H125NO8. The predicted molar refractivity (Wildman–Crippen MR) is 329 cm³/mol. The van der Waals surface area contributed by atoms with E-state index in [9.17, 15) is 19.5 Å². The monoisotopic (exact) mass is 1100 g/mol. The van der Waals surface area contributed by atoms with Crippen molar-refractivity contribution in [2.24, 2.45) is 0 Å². The van der Waals surface area contributed by atoms with Gasteiger partial charge < -0.3 is 33.3 Å². The maximum absolute atomic E-state index is 12.9. The van der Waals surface area contributed by atoms with E-state index >= 15 is 0 Å². The molecule has 0 heterocycles. The Morgan fingerprint density at radius 2 is 0.731 bits per heavy atom. The van der Waals surface area contributed by atoms with Crippen LogP contribution in [0.1, 0.15) is 303 Å². The first-order valence-corrected chi connectivity index (χ1v) is 32.9.